The highest BCUT2D eigenvalue weighted by Gasteiger charge is 2.28. The van der Waals surface area contributed by atoms with E-state index >= 15 is 0 Å². The van der Waals surface area contributed by atoms with E-state index in [9.17, 15) is 0 Å². The lowest BCUT2D eigenvalue weighted by Crippen LogP contribution is -2.32. The van der Waals surface area contributed by atoms with E-state index in [1.54, 1.807) is 0 Å². The number of halogens is 1. The average Bonchev–Trinajstić information content (AvgIpc) is 3.24. The zero-order chi connectivity index (χ0) is 13.1. The molecule has 0 spiro atoms. The Morgan fingerprint density at radius 2 is 1.74 bits per heavy atom. The third kappa shape index (κ3) is 3.82. The monoisotopic (exact) mass is 321 g/mol. The molecule has 0 bridgehead atoms. The number of hydrogen-bond donors (Lipinski definition) is 1. The van der Waals surface area contributed by atoms with Gasteiger partial charge in [0.25, 0.3) is 0 Å². The predicted octanol–water partition coefficient (Wildman–Crippen LogP) is 4.55. The van der Waals surface area contributed by atoms with Crippen LogP contribution in [0.15, 0.2) is 28.7 Å². The summed E-state index contributed by atoms with van der Waals surface area (Å²) < 4.78 is 1.29. The van der Waals surface area contributed by atoms with Gasteiger partial charge in [-0.25, -0.2) is 0 Å². The summed E-state index contributed by atoms with van der Waals surface area (Å²) in [6, 6.07) is 9.59. The van der Waals surface area contributed by atoms with Crippen LogP contribution in [0, 0.1) is 11.8 Å². The van der Waals surface area contributed by atoms with Gasteiger partial charge < -0.3 is 5.32 Å². The van der Waals surface area contributed by atoms with E-state index in [-0.39, 0.29) is 0 Å². The Bertz CT molecular complexity index is 413. The van der Waals surface area contributed by atoms with Crippen molar-refractivity contribution in [1.82, 2.24) is 5.32 Å². The summed E-state index contributed by atoms with van der Waals surface area (Å²) in [5.74, 6) is 1.76. The molecule has 0 heterocycles. The van der Waals surface area contributed by atoms with Crippen LogP contribution in [0.4, 0.5) is 0 Å². The Balaban J connectivity index is 1.60. The summed E-state index contributed by atoms with van der Waals surface area (Å²) in [6.07, 6.45) is 9.76. The molecule has 2 aliphatic carbocycles. The van der Waals surface area contributed by atoms with E-state index < -0.39 is 0 Å². The molecule has 0 saturated heterocycles. The number of benzene rings is 1. The van der Waals surface area contributed by atoms with Gasteiger partial charge >= 0.3 is 0 Å². The van der Waals surface area contributed by atoms with Crippen molar-refractivity contribution in [2.75, 3.05) is 6.54 Å². The van der Waals surface area contributed by atoms with Gasteiger partial charge in [-0.3, -0.25) is 0 Å². The fourth-order valence-corrected chi connectivity index (χ4v) is 3.82. The Hall–Kier alpha value is -0.340. The molecule has 2 heteroatoms. The lowest BCUT2D eigenvalue weighted by atomic mass is 9.76. The van der Waals surface area contributed by atoms with Crippen LogP contribution in [0.2, 0.25) is 0 Å². The van der Waals surface area contributed by atoms with E-state index in [0.717, 1.165) is 17.9 Å². The van der Waals surface area contributed by atoms with Gasteiger partial charge in [-0.2, -0.15) is 0 Å². The first-order valence-electron chi connectivity index (χ1n) is 7.79. The molecule has 19 heavy (non-hydrogen) atoms. The molecule has 2 fully saturated rings. The van der Waals surface area contributed by atoms with Crippen LogP contribution < -0.4 is 5.32 Å². The summed E-state index contributed by atoms with van der Waals surface area (Å²) in [6.45, 7) is 1.25. The quantitative estimate of drug-likeness (QED) is 0.838. The van der Waals surface area contributed by atoms with Crippen molar-refractivity contribution in [3.8, 4) is 0 Å². The fourth-order valence-electron chi connectivity index (χ4n) is 3.37. The van der Waals surface area contributed by atoms with Crippen molar-refractivity contribution in [1.29, 1.82) is 0 Å². The molecule has 3 rings (SSSR count). The van der Waals surface area contributed by atoms with Gasteiger partial charge in [0.2, 0.25) is 0 Å². The maximum atomic E-state index is 3.74. The molecular formula is C17H24BrN. The minimum absolute atomic E-state index is 0.853. The summed E-state index contributed by atoms with van der Waals surface area (Å²) in [7, 11) is 0. The molecular weight excluding hydrogens is 298 g/mol. The van der Waals surface area contributed by atoms with Gasteiger partial charge in [0, 0.05) is 10.5 Å². The van der Waals surface area contributed by atoms with Crippen LogP contribution in [0.1, 0.15) is 44.1 Å². The zero-order valence-electron chi connectivity index (χ0n) is 11.6. The van der Waals surface area contributed by atoms with Crippen LogP contribution in [-0.4, -0.2) is 12.6 Å². The molecule has 2 unspecified atom stereocenters. The van der Waals surface area contributed by atoms with E-state index in [1.165, 1.54) is 61.5 Å². The predicted molar refractivity (Wildman–Crippen MR) is 84.3 cm³/mol. The Kier molecular flexibility index (Phi) is 4.60. The Labute approximate surface area is 125 Å². The van der Waals surface area contributed by atoms with Gasteiger partial charge in [-0.15, -0.1) is 0 Å². The molecule has 1 N–H and O–H groups in total. The van der Waals surface area contributed by atoms with Crippen molar-refractivity contribution in [3.05, 3.63) is 34.3 Å². The standard InChI is InChI=1S/C17H24BrN/c18-17-8-4-3-6-14(17)11-13-5-1-2-7-15(13)12-19-16-9-10-16/h3-4,6,8,13,15-16,19H,1-2,5,7,9-12H2. The molecule has 0 amide bonds. The van der Waals surface area contributed by atoms with E-state index in [0.29, 0.717) is 0 Å². The van der Waals surface area contributed by atoms with Crippen LogP contribution in [0.5, 0.6) is 0 Å². The van der Waals surface area contributed by atoms with Crippen LogP contribution in [-0.2, 0) is 6.42 Å². The van der Waals surface area contributed by atoms with Gasteiger partial charge in [0.1, 0.15) is 0 Å². The van der Waals surface area contributed by atoms with Crippen molar-refractivity contribution < 1.29 is 0 Å². The zero-order valence-corrected chi connectivity index (χ0v) is 13.2. The third-order valence-electron chi connectivity index (χ3n) is 4.75. The molecule has 0 aliphatic heterocycles. The van der Waals surface area contributed by atoms with Crippen molar-refractivity contribution in [2.24, 2.45) is 11.8 Å². The van der Waals surface area contributed by atoms with Gasteiger partial charge in [-0.1, -0.05) is 47.0 Å². The fraction of sp³-hybridized carbons (Fsp3) is 0.647. The molecule has 1 aromatic rings. The van der Waals surface area contributed by atoms with Crippen LogP contribution in [0.25, 0.3) is 0 Å². The molecule has 0 aromatic heterocycles. The number of rotatable bonds is 5. The van der Waals surface area contributed by atoms with E-state index in [2.05, 4.69) is 45.5 Å². The molecule has 1 aromatic carbocycles. The SMILES string of the molecule is Brc1ccccc1CC1CCCCC1CNC1CC1. The molecule has 104 valence electrons. The molecule has 2 aliphatic rings. The molecule has 0 radical (unpaired) electrons. The Morgan fingerprint density at radius 3 is 2.47 bits per heavy atom. The summed E-state index contributed by atoms with van der Waals surface area (Å²) in [5.41, 5.74) is 1.49. The highest BCUT2D eigenvalue weighted by molar-refractivity contribution is 9.10. The van der Waals surface area contributed by atoms with Gasteiger partial charge in [0.15, 0.2) is 0 Å². The lowest BCUT2D eigenvalue weighted by Gasteiger charge is -2.32. The lowest BCUT2D eigenvalue weighted by molar-refractivity contribution is 0.228. The third-order valence-corrected chi connectivity index (χ3v) is 5.53. The first-order valence-corrected chi connectivity index (χ1v) is 8.59. The minimum atomic E-state index is 0.853. The Morgan fingerprint density at radius 1 is 1.00 bits per heavy atom. The van der Waals surface area contributed by atoms with E-state index in [1.807, 2.05) is 0 Å². The second-order valence-corrected chi connectivity index (χ2v) is 7.14. The molecule has 2 atom stereocenters. The second-order valence-electron chi connectivity index (χ2n) is 6.28. The topological polar surface area (TPSA) is 12.0 Å². The summed E-state index contributed by atoms with van der Waals surface area (Å²) in [5, 5.41) is 3.74. The van der Waals surface area contributed by atoms with Crippen LogP contribution in [0.3, 0.4) is 0 Å². The van der Waals surface area contributed by atoms with Crippen molar-refractivity contribution in [2.45, 2.75) is 51.0 Å². The highest BCUT2D eigenvalue weighted by atomic mass is 79.9. The first-order chi connectivity index (χ1) is 9.33. The number of hydrogen-bond acceptors (Lipinski definition) is 1. The van der Waals surface area contributed by atoms with Crippen molar-refractivity contribution in [3.63, 3.8) is 0 Å². The van der Waals surface area contributed by atoms with Gasteiger partial charge in [-0.05, 0) is 62.1 Å². The largest absolute Gasteiger partial charge is 0.314 e. The highest BCUT2D eigenvalue weighted by Crippen LogP contribution is 2.34. The van der Waals surface area contributed by atoms with Crippen molar-refractivity contribution >= 4 is 15.9 Å². The van der Waals surface area contributed by atoms with Gasteiger partial charge in [0.05, 0.1) is 0 Å². The number of nitrogens with one attached hydrogen (secondary N) is 1. The maximum Gasteiger partial charge on any atom is 0.0207 e. The van der Waals surface area contributed by atoms with E-state index in [4.69, 9.17) is 0 Å². The average molecular weight is 322 g/mol. The summed E-state index contributed by atoms with van der Waals surface area (Å²) >= 11 is 3.70. The maximum absolute atomic E-state index is 3.74. The smallest absolute Gasteiger partial charge is 0.0207 e. The molecule has 1 nitrogen and oxygen atoms in total. The first kappa shape index (κ1) is 13.6. The molecule has 2 saturated carbocycles. The second kappa shape index (κ2) is 6.41. The minimum Gasteiger partial charge on any atom is -0.314 e. The normalized spacial score (nSPS) is 27.4. The van der Waals surface area contributed by atoms with Crippen LogP contribution >= 0.6 is 15.9 Å². The summed E-state index contributed by atoms with van der Waals surface area (Å²) in [4.78, 5) is 0.